The van der Waals surface area contributed by atoms with Crippen LogP contribution in [0.2, 0.25) is 0 Å². The number of carboxylic acid groups (broad SMARTS) is 1. The fraction of sp³-hybridized carbons (Fsp3) is 0.250. The predicted molar refractivity (Wildman–Crippen MR) is 120 cm³/mol. The molecule has 33 heavy (non-hydrogen) atoms. The molecular weight excluding hydrogens is 428 g/mol. The summed E-state index contributed by atoms with van der Waals surface area (Å²) in [5.74, 6) is 0.124. The van der Waals surface area contributed by atoms with Crippen LogP contribution in [-0.2, 0) is 4.79 Å². The number of benzene rings is 2. The van der Waals surface area contributed by atoms with Gasteiger partial charge in [-0.05, 0) is 18.2 Å². The van der Waals surface area contributed by atoms with Crippen LogP contribution in [0.1, 0.15) is 34.0 Å². The van der Waals surface area contributed by atoms with Crippen molar-refractivity contribution in [1.82, 2.24) is 4.57 Å². The third kappa shape index (κ3) is 3.71. The molecule has 0 saturated carbocycles. The lowest BCUT2D eigenvalue weighted by Crippen LogP contribution is -2.26. The van der Waals surface area contributed by atoms with E-state index in [4.69, 9.17) is 18.9 Å². The number of nitrogens with one attached hydrogen (secondary N) is 1. The molecule has 2 N–H and O–H groups in total. The van der Waals surface area contributed by atoms with E-state index in [1.54, 1.807) is 35.9 Å². The lowest BCUT2D eigenvalue weighted by atomic mass is 9.87. The highest BCUT2D eigenvalue weighted by atomic mass is 16.5. The van der Waals surface area contributed by atoms with Gasteiger partial charge in [-0.1, -0.05) is 12.1 Å². The second-order valence-electron chi connectivity index (χ2n) is 7.40. The Morgan fingerprint density at radius 3 is 2.42 bits per heavy atom. The van der Waals surface area contributed by atoms with Gasteiger partial charge < -0.3 is 33.9 Å². The van der Waals surface area contributed by atoms with Crippen molar-refractivity contribution in [2.24, 2.45) is 0 Å². The minimum atomic E-state index is -1.16. The summed E-state index contributed by atoms with van der Waals surface area (Å²) in [5, 5.41) is 12.6. The minimum Gasteiger partial charge on any atom is -0.497 e. The summed E-state index contributed by atoms with van der Waals surface area (Å²) in [4.78, 5) is 24.7. The molecule has 1 aromatic heterocycles. The Hall–Kier alpha value is -4.14. The fourth-order valence-electron chi connectivity index (χ4n) is 4.26. The van der Waals surface area contributed by atoms with Crippen molar-refractivity contribution in [2.75, 3.05) is 33.8 Å². The molecule has 0 fully saturated rings. The Balaban J connectivity index is 2.02. The maximum Gasteiger partial charge on any atom is 0.339 e. The molecule has 1 atom stereocenters. The molecule has 9 heteroatoms. The van der Waals surface area contributed by atoms with E-state index in [-0.39, 0.29) is 23.6 Å². The first-order chi connectivity index (χ1) is 15.9. The quantitative estimate of drug-likeness (QED) is 0.563. The van der Waals surface area contributed by atoms with E-state index in [0.29, 0.717) is 39.9 Å². The van der Waals surface area contributed by atoms with E-state index in [9.17, 15) is 14.7 Å². The van der Waals surface area contributed by atoms with Crippen molar-refractivity contribution >= 4 is 17.6 Å². The monoisotopic (exact) mass is 452 g/mol. The number of carbonyl (C=O) groups excluding carboxylic acids is 1. The van der Waals surface area contributed by atoms with Crippen LogP contribution in [-0.4, -0.2) is 50.0 Å². The number of nitrogens with zero attached hydrogens (tertiary/aromatic N) is 1. The van der Waals surface area contributed by atoms with Gasteiger partial charge in [0, 0.05) is 30.2 Å². The average molecular weight is 452 g/mol. The highest BCUT2D eigenvalue weighted by Gasteiger charge is 2.36. The van der Waals surface area contributed by atoms with Gasteiger partial charge in [-0.25, -0.2) is 4.79 Å². The van der Waals surface area contributed by atoms with Crippen LogP contribution >= 0.6 is 0 Å². The first-order valence-corrected chi connectivity index (χ1v) is 10.1. The van der Waals surface area contributed by atoms with Crippen LogP contribution < -0.4 is 24.3 Å². The number of methoxy groups -OCH3 is 4. The number of ether oxygens (including phenoxy) is 4. The van der Waals surface area contributed by atoms with Crippen molar-refractivity contribution < 1.29 is 33.6 Å². The molecule has 1 unspecified atom stereocenters. The van der Waals surface area contributed by atoms with Crippen LogP contribution in [0.3, 0.4) is 0 Å². The number of anilines is 1. The molecule has 2 aromatic carbocycles. The number of fused-ring (bicyclic) bond motifs is 1. The lowest BCUT2D eigenvalue weighted by Gasteiger charge is -2.28. The van der Waals surface area contributed by atoms with Crippen LogP contribution in [0.4, 0.5) is 5.69 Å². The molecule has 0 bridgehead atoms. The SMILES string of the molecule is COc1ccc(-n2cc(C(=O)O)c3c2C(c2cccc(OC)c2OC)CC(=O)N3)c(OC)c1. The Morgan fingerprint density at radius 1 is 1.03 bits per heavy atom. The number of hydrogen-bond acceptors (Lipinski definition) is 6. The maximum atomic E-state index is 12.7. The Morgan fingerprint density at radius 2 is 1.79 bits per heavy atom. The first kappa shape index (κ1) is 22.1. The van der Waals surface area contributed by atoms with E-state index in [1.807, 2.05) is 12.1 Å². The third-order valence-corrected chi connectivity index (χ3v) is 5.71. The molecule has 9 nitrogen and oxygen atoms in total. The molecule has 0 spiro atoms. The summed E-state index contributed by atoms with van der Waals surface area (Å²) < 4.78 is 23.7. The van der Waals surface area contributed by atoms with E-state index in [2.05, 4.69) is 5.32 Å². The Bertz CT molecular complexity index is 1230. The molecule has 0 radical (unpaired) electrons. The van der Waals surface area contributed by atoms with Crippen LogP contribution in [0.5, 0.6) is 23.0 Å². The maximum absolute atomic E-state index is 12.7. The second kappa shape index (κ2) is 8.78. The fourth-order valence-corrected chi connectivity index (χ4v) is 4.26. The van der Waals surface area contributed by atoms with Gasteiger partial charge in [-0.15, -0.1) is 0 Å². The highest BCUT2D eigenvalue weighted by molar-refractivity contribution is 6.04. The van der Waals surface area contributed by atoms with Crippen LogP contribution in [0.15, 0.2) is 42.6 Å². The van der Waals surface area contributed by atoms with Crippen molar-refractivity contribution in [3.8, 4) is 28.7 Å². The van der Waals surface area contributed by atoms with Crippen molar-refractivity contribution in [2.45, 2.75) is 12.3 Å². The number of amides is 1. The van der Waals surface area contributed by atoms with Gasteiger partial charge in [0.1, 0.15) is 17.1 Å². The van der Waals surface area contributed by atoms with Gasteiger partial charge in [0.2, 0.25) is 5.91 Å². The van der Waals surface area contributed by atoms with Crippen molar-refractivity contribution in [1.29, 1.82) is 0 Å². The van der Waals surface area contributed by atoms with Crippen molar-refractivity contribution in [3.63, 3.8) is 0 Å². The smallest absolute Gasteiger partial charge is 0.339 e. The summed E-state index contributed by atoms with van der Waals surface area (Å²) in [6, 6.07) is 10.7. The molecule has 0 saturated heterocycles. The molecule has 2 heterocycles. The Kier molecular flexibility index (Phi) is 5.87. The molecule has 1 aliphatic rings. The zero-order valence-electron chi connectivity index (χ0n) is 18.7. The van der Waals surface area contributed by atoms with Crippen LogP contribution in [0, 0.1) is 0 Å². The van der Waals surface area contributed by atoms with E-state index >= 15 is 0 Å². The number of carboxylic acids is 1. The number of aromatic carboxylic acids is 1. The average Bonchev–Trinajstić information content (AvgIpc) is 3.21. The first-order valence-electron chi connectivity index (χ1n) is 10.1. The molecule has 0 aliphatic carbocycles. The molecule has 1 amide bonds. The molecular formula is C24H24N2O7. The van der Waals surface area contributed by atoms with Gasteiger partial charge in [0.05, 0.1) is 45.5 Å². The van der Waals surface area contributed by atoms with Crippen molar-refractivity contribution in [3.05, 3.63) is 59.4 Å². The summed E-state index contributed by atoms with van der Waals surface area (Å²) >= 11 is 0. The molecule has 3 aromatic rings. The van der Waals surface area contributed by atoms with Gasteiger partial charge in [-0.2, -0.15) is 0 Å². The highest BCUT2D eigenvalue weighted by Crippen LogP contribution is 2.47. The zero-order chi connectivity index (χ0) is 23.7. The lowest BCUT2D eigenvalue weighted by molar-refractivity contribution is -0.116. The van der Waals surface area contributed by atoms with Gasteiger partial charge in [0.25, 0.3) is 0 Å². The standard InChI is InChI=1S/C24H24N2O7/c1-30-13-8-9-17(19(10-13)32-3)26-12-16(24(28)29)21-22(26)15(11-20(27)25-21)14-6-5-7-18(31-2)23(14)33-4/h5-10,12,15H,11H2,1-4H3,(H,25,27)(H,28,29). The normalized spacial score (nSPS) is 14.8. The number of hydrogen-bond donors (Lipinski definition) is 2. The minimum absolute atomic E-state index is 0.0252. The van der Waals surface area contributed by atoms with E-state index in [1.165, 1.54) is 27.5 Å². The summed E-state index contributed by atoms with van der Waals surface area (Å²) in [6.07, 6.45) is 1.58. The predicted octanol–water partition coefficient (Wildman–Crippen LogP) is 3.68. The van der Waals surface area contributed by atoms with Gasteiger partial charge in [0.15, 0.2) is 11.5 Å². The summed E-state index contributed by atoms with van der Waals surface area (Å²) in [5.41, 5.74) is 2.12. The third-order valence-electron chi connectivity index (χ3n) is 5.71. The topological polar surface area (TPSA) is 108 Å². The zero-order valence-corrected chi connectivity index (χ0v) is 18.7. The van der Waals surface area contributed by atoms with E-state index in [0.717, 1.165) is 0 Å². The largest absolute Gasteiger partial charge is 0.497 e. The van der Waals surface area contributed by atoms with Crippen LogP contribution in [0.25, 0.3) is 5.69 Å². The molecule has 4 rings (SSSR count). The number of carbonyl (C=O) groups is 2. The molecule has 172 valence electrons. The number of rotatable bonds is 7. The Labute approximate surface area is 190 Å². The van der Waals surface area contributed by atoms with Gasteiger partial charge in [-0.3, -0.25) is 4.79 Å². The summed E-state index contributed by atoms with van der Waals surface area (Å²) in [7, 11) is 6.14. The summed E-state index contributed by atoms with van der Waals surface area (Å²) in [6.45, 7) is 0. The number of aromatic nitrogens is 1. The second-order valence-corrected chi connectivity index (χ2v) is 7.40. The van der Waals surface area contributed by atoms with E-state index < -0.39 is 11.9 Å². The van der Waals surface area contributed by atoms with Gasteiger partial charge >= 0.3 is 5.97 Å². The number of para-hydroxylation sites is 1. The molecule has 1 aliphatic heterocycles.